The summed E-state index contributed by atoms with van der Waals surface area (Å²) in [7, 11) is 0. The molecule has 0 radical (unpaired) electrons. The summed E-state index contributed by atoms with van der Waals surface area (Å²) < 4.78 is 5.85. The fraction of sp³-hybridized carbons (Fsp3) is 0.538. The van der Waals surface area contributed by atoms with Crippen LogP contribution in [0.3, 0.4) is 0 Å². The average Bonchev–Trinajstić information content (AvgIpc) is 2.74. The molecule has 0 heterocycles. The summed E-state index contributed by atoms with van der Waals surface area (Å²) in [6.07, 6.45) is 14.0. The number of phenolic OH excluding ortho intramolecular Hbond substituents is 1. The maximum absolute atomic E-state index is 9.33. The van der Waals surface area contributed by atoms with Gasteiger partial charge in [-0.15, -0.1) is 0 Å². The molecular weight excluding hydrogens is 344 g/mol. The second kappa shape index (κ2) is 11.1. The SMILES string of the molecule is CCCCCC1CCC(CCc2ccc(OCc3ccc(O)cc3)cc2)CC1. The quantitative estimate of drug-likeness (QED) is 0.438. The minimum atomic E-state index is 0.290. The van der Waals surface area contributed by atoms with Gasteiger partial charge in [0.25, 0.3) is 0 Å². The van der Waals surface area contributed by atoms with Crippen LogP contribution in [-0.4, -0.2) is 5.11 Å². The zero-order valence-electron chi connectivity index (χ0n) is 17.4. The molecule has 0 unspecified atom stereocenters. The highest BCUT2D eigenvalue weighted by atomic mass is 16.5. The van der Waals surface area contributed by atoms with E-state index in [2.05, 4.69) is 31.2 Å². The summed E-state index contributed by atoms with van der Waals surface area (Å²) in [5, 5.41) is 9.33. The summed E-state index contributed by atoms with van der Waals surface area (Å²) in [6, 6.07) is 15.8. The molecule has 0 aromatic heterocycles. The van der Waals surface area contributed by atoms with E-state index >= 15 is 0 Å². The molecular formula is C26H36O2. The van der Waals surface area contributed by atoms with Crippen LogP contribution in [0.15, 0.2) is 48.5 Å². The van der Waals surface area contributed by atoms with Gasteiger partial charge in [-0.25, -0.2) is 0 Å². The Morgan fingerprint density at radius 2 is 1.39 bits per heavy atom. The van der Waals surface area contributed by atoms with E-state index in [0.717, 1.165) is 23.1 Å². The third kappa shape index (κ3) is 6.89. The number of hydrogen-bond acceptors (Lipinski definition) is 2. The van der Waals surface area contributed by atoms with Crippen LogP contribution in [0, 0.1) is 11.8 Å². The number of phenols is 1. The Balaban J connectivity index is 1.35. The fourth-order valence-corrected chi connectivity index (χ4v) is 4.37. The third-order valence-electron chi connectivity index (χ3n) is 6.29. The first-order valence-electron chi connectivity index (χ1n) is 11.2. The van der Waals surface area contributed by atoms with E-state index in [1.165, 1.54) is 69.8 Å². The maximum atomic E-state index is 9.33. The third-order valence-corrected chi connectivity index (χ3v) is 6.29. The van der Waals surface area contributed by atoms with E-state index in [1.807, 2.05) is 12.1 Å². The van der Waals surface area contributed by atoms with E-state index in [4.69, 9.17) is 4.74 Å². The number of hydrogen-bond donors (Lipinski definition) is 1. The van der Waals surface area contributed by atoms with Gasteiger partial charge in [0.05, 0.1) is 0 Å². The Kier molecular flexibility index (Phi) is 8.26. The van der Waals surface area contributed by atoms with Crippen LogP contribution in [0.1, 0.15) is 75.8 Å². The Morgan fingerprint density at radius 3 is 2.04 bits per heavy atom. The summed E-state index contributed by atoms with van der Waals surface area (Å²) in [5.74, 6) is 3.13. The molecule has 0 saturated heterocycles. The molecule has 1 aliphatic rings. The Labute approximate surface area is 170 Å². The van der Waals surface area contributed by atoms with Crippen molar-refractivity contribution < 1.29 is 9.84 Å². The van der Waals surface area contributed by atoms with Crippen molar-refractivity contribution >= 4 is 0 Å². The average molecular weight is 381 g/mol. The van der Waals surface area contributed by atoms with Crippen LogP contribution in [0.25, 0.3) is 0 Å². The standard InChI is InChI=1S/C26H36O2/c1-2-3-4-5-21-6-8-22(9-7-21)10-11-23-14-18-26(19-15-23)28-20-24-12-16-25(27)17-13-24/h12-19,21-22,27H,2-11,20H2,1H3. The van der Waals surface area contributed by atoms with Crippen LogP contribution < -0.4 is 4.74 Å². The van der Waals surface area contributed by atoms with Crippen molar-refractivity contribution in [1.29, 1.82) is 0 Å². The minimum absolute atomic E-state index is 0.290. The Morgan fingerprint density at radius 1 is 0.786 bits per heavy atom. The highest BCUT2D eigenvalue weighted by Crippen LogP contribution is 2.34. The van der Waals surface area contributed by atoms with E-state index in [0.29, 0.717) is 6.61 Å². The van der Waals surface area contributed by atoms with Crippen LogP contribution in [0.5, 0.6) is 11.5 Å². The second-order valence-electron chi connectivity index (χ2n) is 8.52. The number of unbranched alkanes of at least 4 members (excludes halogenated alkanes) is 2. The topological polar surface area (TPSA) is 29.5 Å². The zero-order chi connectivity index (χ0) is 19.6. The molecule has 1 fully saturated rings. The molecule has 28 heavy (non-hydrogen) atoms. The molecule has 3 rings (SSSR count). The lowest BCUT2D eigenvalue weighted by atomic mass is 9.78. The normalized spacial score (nSPS) is 19.5. The monoisotopic (exact) mass is 380 g/mol. The van der Waals surface area contributed by atoms with Crippen molar-refractivity contribution in [2.75, 3.05) is 0 Å². The van der Waals surface area contributed by atoms with Crippen molar-refractivity contribution in [2.24, 2.45) is 11.8 Å². The molecule has 0 atom stereocenters. The lowest BCUT2D eigenvalue weighted by Crippen LogP contribution is -2.15. The van der Waals surface area contributed by atoms with Gasteiger partial charge in [0.15, 0.2) is 0 Å². The van der Waals surface area contributed by atoms with Gasteiger partial charge >= 0.3 is 0 Å². The first kappa shape index (κ1) is 20.8. The molecule has 1 aliphatic carbocycles. The van der Waals surface area contributed by atoms with Gasteiger partial charge in [0.2, 0.25) is 0 Å². The van der Waals surface area contributed by atoms with Crippen LogP contribution in [0.2, 0.25) is 0 Å². The van der Waals surface area contributed by atoms with Crippen molar-refractivity contribution in [2.45, 2.75) is 77.7 Å². The van der Waals surface area contributed by atoms with E-state index in [1.54, 1.807) is 12.1 Å². The predicted molar refractivity (Wildman–Crippen MR) is 117 cm³/mol. The van der Waals surface area contributed by atoms with Crippen molar-refractivity contribution in [3.05, 3.63) is 59.7 Å². The summed E-state index contributed by atoms with van der Waals surface area (Å²) in [5.41, 5.74) is 2.48. The van der Waals surface area contributed by atoms with Gasteiger partial charge in [-0.3, -0.25) is 0 Å². The van der Waals surface area contributed by atoms with Gasteiger partial charge in [-0.2, -0.15) is 0 Å². The molecule has 0 bridgehead atoms. The zero-order valence-corrected chi connectivity index (χ0v) is 17.4. The number of benzene rings is 2. The first-order chi connectivity index (χ1) is 13.7. The lowest BCUT2D eigenvalue weighted by molar-refractivity contribution is 0.249. The second-order valence-corrected chi connectivity index (χ2v) is 8.52. The van der Waals surface area contributed by atoms with Crippen molar-refractivity contribution in [3.8, 4) is 11.5 Å². The van der Waals surface area contributed by atoms with Crippen LogP contribution in [-0.2, 0) is 13.0 Å². The highest BCUT2D eigenvalue weighted by molar-refractivity contribution is 5.29. The van der Waals surface area contributed by atoms with E-state index < -0.39 is 0 Å². The van der Waals surface area contributed by atoms with Gasteiger partial charge < -0.3 is 9.84 Å². The van der Waals surface area contributed by atoms with E-state index in [9.17, 15) is 5.11 Å². The molecule has 2 aromatic rings. The van der Waals surface area contributed by atoms with Crippen LogP contribution in [0.4, 0.5) is 0 Å². The van der Waals surface area contributed by atoms with Gasteiger partial charge in [0.1, 0.15) is 18.1 Å². The van der Waals surface area contributed by atoms with E-state index in [-0.39, 0.29) is 5.75 Å². The van der Waals surface area contributed by atoms with Gasteiger partial charge in [0, 0.05) is 0 Å². The number of aryl methyl sites for hydroxylation is 1. The van der Waals surface area contributed by atoms with Crippen molar-refractivity contribution in [3.63, 3.8) is 0 Å². The molecule has 0 aliphatic heterocycles. The van der Waals surface area contributed by atoms with Gasteiger partial charge in [-0.05, 0) is 60.1 Å². The minimum Gasteiger partial charge on any atom is -0.508 e. The number of ether oxygens (including phenoxy) is 1. The molecule has 2 aromatic carbocycles. The lowest BCUT2D eigenvalue weighted by Gasteiger charge is -2.28. The molecule has 1 saturated carbocycles. The Bertz CT molecular complexity index is 667. The smallest absolute Gasteiger partial charge is 0.119 e. The molecule has 2 heteroatoms. The molecule has 2 nitrogen and oxygen atoms in total. The first-order valence-corrected chi connectivity index (χ1v) is 11.2. The largest absolute Gasteiger partial charge is 0.508 e. The molecule has 152 valence electrons. The molecule has 0 amide bonds. The highest BCUT2D eigenvalue weighted by Gasteiger charge is 2.20. The molecule has 1 N–H and O–H groups in total. The predicted octanol–water partition coefficient (Wildman–Crippen LogP) is 7.29. The summed E-state index contributed by atoms with van der Waals surface area (Å²) in [6.45, 7) is 2.83. The number of rotatable bonds is 10. The van der Waals surface area contributed by atoms with Crippen LogP contribution >= 0.6 is 0 Å². The maximum Gasteiger partial charge on any atom is 0.119 e. The van der Waals surface area contributed by atoms with Gasteiger partial charge in [-0.1, -0.05) is 82.6 Å². The number of aromatic hydroxyl groups is 1. The Hall–Kier alpha value is -1.96. The fourth-order valence-electron chi connectivity index (χ4n) is 4.37. The summed E-state index contributed by atoms with van der Waals surface area (Å²) in [4.78, 5) is 0. The summed E-state index contributed by atoms with van der Waals surface area (Å²) >= 11 is 0. The molecule has 0 spiro atoms. The van der Waals surface area contributed by atoms with Crippen molar-refractivity contribution in [1.82, 2.24) is 0 Å².